The summed E-state index contributed by atoms with van der Waals surface area (Å²) in [6.45, 7) is 1.46. The fourth-order valence-corrected chi connectivity index (χ4v) is 3.30. The van der Waals surface area contributed by atoms with Crippen molar-refractivity contribution in [1.82, 2.24) is 5.32 Å². The summed E-state index contributed by atoms with van der Waals surface area (Å²) in [5.41, 5.74) is 0.898. The van der Waals surface area contributed by atoms with Gasteiger partial charge in [-0.2, -0.15) is 0 Å². The van der Waals surface area contributed by atoms with Crippen molar-refractivity contribution in [2.75, 3.05) is 0 Å². The molecule has 1 aromatic carbocycles. The molecule has 90 valence electrons. The van der Waals surface area contributed by atoms with E-state index in [0.29, 0.717) is 12.3 Å². The van der Waals surface area contributed by atoms with E-state index in [2.05, 4.69) is 48.6 Å². The third-order valence-electron chi connectivity index (χ3n) is 2.31. The number of thiophene rings is 1. The molecule has 0 fully saturated rings. The van der Waals surface area contributed by atoms with Gasteiger partial charge in [-0.25, -0.2) is 0 Å². The summed E-state index contributed by atoms with van der Waals surface area (Å²) in [5.74, 6) is 0.312. The van der Waals surface area contributed by atoms with Gasteiger partial charge in [0.2, 0.25) is 0 Å². The van der Waals surface area contributed by atoms with E-state index in [4.69, 9.17) is 0 Å². The third kappa shape index (κ3) is 3.55. The predicted octanol–water partition coefficient (Wildman–Crippen LogP) is 4.27. The van der Waals surface area contributed by atoms with Crippen LogP contribution in [0.15, 0.2) is 38.6 Å². The second-order valence-corrected chi connectivity index (χ2v) is 6.35. The summed E-state index contributed by atoms with van der Waals surface area (Å²) in [6.07, 6.45) is 0. The van der Waals surface area contributed by atoms with Crippen LogP contribution < -0.4 is 5.32 Å². The molecule has 2 aromatic rings. The van der Waals surface area contributed by atoms with E-state index in [9.17, 15) is 5.11 Å². The molecule has 1 aromatic heterocycles. The van der Waals surface area contributed by atoms with Gasteiger partial charge in [0.1, 0.15) is 5.75 Å². The molecule has 2 N–H and O–H groups in total. The highest BCUT2D eigenvalue weighted by Gasteiger charge is 2.04. The van der Waals surface area contributed by atoms with E-state index in [0.717, 1.165) is 21.1 Å². The topological polar surface area (TPSA) is 32.3 Å². The molecule has 0 saturated carbocycles. The third-order valence-corrected chi connectivity index (χ3v) is 4.64. The van der Waals surface area contributed by atoms with E-state index in [1.807, 2.05) is 18.2 Å². The van der Waals surface area contributed by atoms with Crippen molar-refractivity contribution in [2.24, 2.45) is 0 Å². The maximum Gasteiger partial charge on any atom is 0.134 e. The smallest absolute Gasteiger partial charge is 0.134 e. The first-order valence-corrected chi connectivity index (χ1v) is 7.53. The van der Waals surface area contributed by atoms with E-state index in [-0.39, 0.29) is 0 Å². The fraction of sp³-hybridized carbons (Fsp3) is 0.167. The molecule has 0 aliphatic rings. The minimum absolute atomic E-state index is 0.312. The van der Waals surface area contributed by atoms with Gasteiger partial charge in [0.25, 0.3) is 0 Å². The average Bonchev–Trinajstić information content (AvgIpc) is 2.70. The molecule has 0 atom stereocenters. The molecular formula is C12H11Br2NOS. The zero-order valence-corrected chi connectivity index (χ0v) is 12.9. The molecule has 0 amide bonds. The van der Waals surface area contributed by atoms with Crippen LogP contribution in [0.25, 0.3) is 0 Å². The summed E-state index contributed by atoms with van der Waals surface area (Å²) in [7, 11) is 0. The standard InChI is InChI=1S/C12H11Br2NOS/c13-9-4-10(17-7-9)6-15-5-8-2-1-3-11(14)12(8)16/h1-4,7,15-16H,5-6H2. The van der Waals surface area contributed by atoms with Crippen LogP contribution in [0.5, 0.6) is 5.75 Å². The van der Waals surface area contributed by atoms with Crippen molar-refractivity contribution in [3.63, 3.8) is 0 Å². The Morgan fingerprint density at radius 3 is 2.76 bits per heavy atom. The van der Waals surface area contributed by atoms with Crippen molar-refractivity contribution in [3.05, 3.63) is 49.0 Å². The van der Waals surface area contributed by atoms with Gasteiger partial charge in [-0.05, 0) is 44.0 Å². The zero-order chi connectivity index (χ0) is 12.3. The lowest BCUT2D eigenvalue weighted by atomic mass is 10.2. The zero-order valence-electron chi connectivity index (χ0n) is 8.91. The first kappa shape index (κ1) is 13.1. The summed E-state index contributed by atoms with van der Waals surface area (Å²) in [5, 5.41) is 15.2. The second kappa shape index (κ2) is 6.00. The van der Waals surface area contributed by atoms with Crippen molar-refractivity contribution in [1.29, 1.82) is 0 Å². The normalized spacial score (nSPS) is 10.7. The SMILES string of the molecule is Oc1c(Br)cccc1CNCc1cc(Br)cs1. The Balaban J connectivity index is 1.92. The van der Waals surface area contributed by atoms with Gasteiger partial charge in [0, 0.05) is 33.4 Å². The molecule has 5 heteroatoms. The van der Waals surface area contributed by atoms with Gasteiger partial charge in [0.15, 0.2) is 0 Å². The van der Waals surface area contributed by atoms with Crippen LogP contribution in [0.3, 0.4) is 0 Å². The lowest BCUT2D eigenvalue weighted by molar-refractivity contribution is 0.461. The van der Waals surface area contributed by atoms with E-state index < -0.39 is 0 Å². The number of hydrogen-bond acceptors (Lipinski definition) is 3. The Morgan fingerprint density at radius 1 is 1.24 bits per heavy atom. The molecule has 17 heavy (non-hydrogen) atoms. The molecule has 0 spiro atoms. The Hall–Kier alpha value is -0.360. The predicted molar refractivity (Wildman–Crippen MR) is 78.4 cm³/mol. The average molecular weight is 377 g/mol. The first-order valence-electron chi connectivity index (χ1n) is 5.07. The maximum absolute atomic E-state index is 9.81. The van der Waals surface area contributed by atoms with Gasteiger partial charge < -0.3 is 10.4 Å². The molecule has 0 radical (unpaired) electrons. The summed E-state index contributed by atoms with van der Waals surface area (Å²) in [4.78, 5) is 1.27. The van der Waals surface area contributed by atoms with Gasteiger partial charge in [-0.3, -0.25) is 0 Å². The van der Waals surface area contributed by atoms with Crippen LogP contribution >= 0.6 is 43.2 Å². The quantitative estimate of drug-likeness (QED) is 0.835. The number of para-hydroxylation sites is 1. The summed E-state index contributed by atoms with van der Waals surface area (Å²) < 4.78 is 1.85. The lowest BCUT2D eigenvalue weighted by Crippen LogP contribution is -2.11. The molecule has 0 bridgehead atoms. The van der Waals surface area contributed by atoms with Crippen molar-refractivity contribution in [3.8, 4) is 5.75 Å². The van der Waals surface area contributed by atoms with Gasteiger partial charge in [-0.1, -0.05) is 12.1 Å². The Morgan fingerprint density at radius 2 is 2.06 bits per heavy atom. The number of phenolic OH excluding ortho intramolecular Hbond substituents is 1. The van der Waals surface area contributed by atoms with E-state index >= 15 is 0 Å². The van der Waals surface area contributed by atoms with Crippen LogP contribution in [0.2, 0.25) is 0 Å². The molecule has 0 saturated heterocycles. The number of benzene rings is 1. The number of hydrogen-bond donors (Lipinski definition) is 2. The number of halogens is 2. The monoisotopic (exact) mass is 375 g/mol. The van der Waals surface area contributed by atoms with Crippen LogP contribution in [0.1, 0.15) is 10.4 Å². The Labute approximate surface area is 121 Å². The molecule has 2 nitrogen and oxygen atoms in total. The molecule has 0 aliphatic carbocycles. The first-order chi connectivity index (χ1) is 8.16. The minimum atomic E-state index is 0.312. The van der Waals surface area contributed by atoms with Crippen LogP contribution in [-0.4, -0.2) is 5.11 Å². The van der Waals surface area contributed by atoms with E-state index in [1.54, 1.807) is 11.3 Å². The van der Waals surface area contributed by atoms with Crippen LogP contribution in [0, 0.1) is 0 Å². The largest absolute Gasteiger partial charge is 0.506 e. The van der Waals surface area contributed by atoms with Crippen molar-refractivity contribution in [2.45, 2.75) is 13.1 Å². The lowest BCUT2D eigenvalue weighted by Gasteiger charge is -2.07. The number of rotatable bonds is 4. The summed E-state index contributed by atoms with van der Waals surface area (Å²) >= 11 is 8.44. The molecule has 2 rings (SSSR count). The van der Waals surface area contributed by atoms with Crippen molar-refractivity contribution < 1.29 is 5.11 Å². The Kier molecular flexibility index (Phi) is 4.62. The maximum atomic E-state index is 9.81. The highest BCUT2D eigenvalue weighted by atomic mass is 79.9. The summed E-state index contributed by atoms with van der Waals surface area (Å²) in [6, 6.07) is 7.76. The number of phenols is 1. The van der Waals surface area contributed by atoms with Crippen LogP contribution in [0.4, 0.5) is 0 Å². The van der Waals surface area contributed by atoms with E-state index in [1.165, 1.54) is 4.88 Å². The molecular weight excluding hydrogens is 366 g/mol. The molecule has 0 aliphatic heterocycles. The fourth-order valence-electron chi connectivity index (χ4n) is 1.47. The van der Waals surface area contributed by atoms with Crippen molar-refractivity contribution >= 4 is 43.2 Å². The number of nitrogens with one attached hydrogen (secondary N) is 1. The molecule has 0 unspecified atom stereocenters. The Bertz CT molecular complexity index is 513. The highest BCUT2D eigenvalue weighted by Crippen LogP contribution is 2.27. The van der Waals surface area contributed by atoms with Gasteiger partial charge >= 0.3 is 0 Å². The second-order valence-electron chi connectivity index (χ2n) is 3.58. The highest BCUT2D eigenvalue weighted by molar-refractivity contribution is 9.10. The molecule has 1 heterocycles. The minimum Gasteiger partial charge on any atom is -0.506 e. The number of aromatic hydroxyl groups is 1. The van der Waals surface area contributed by atoms with Crippen LogP contribution in [-0.2, 0) is 13.1 Å². The van der Waals surface area contributed by atoms with Gasteiger partial charge in [0.05, 0.1) is 4.47 Å². The van der Waals surface area contributed by atoms with Gasteiger partial charge in [-0.15, -0.1) is 11.3 Å².